The van der Waals surface area contributed by atoms with Gasteiger partial charge in [-0.2, -0.15) is 10.2 Å². The summed E-state index contributed by atoms with van der Waals surface area (Å²) in [5.74, 6) is 0.478. The Kier molecular flexibility index (Phi) is 7.76. The minimum absolute atomic E-state index is 0. The van der Waals surface area contributed by atoms with E-state index in [1.807, 2.05) is 13.8 Å². The standard InChI is InChI=1S/C17H16N17S2.Y/c1-6-10(25-29-16-27-23-8(3)35-16)12(18)33(31-6)14-20-5-21-15(22-14)34-13(19)11(7(2)32-34)26-30-17-28-24-9(4)36-17;/h18-19H2,1-4H3;/q-1;. The van der Waals surface area contributed by atoms with Gasteiger partial charge in [0, 0.05) is 39.0 Å². The first-order valence-corrected chi connectivity index (χ1v) is 11.7. The van der Waals surface area contributed by atoms with E-state index in [4.69, 9.17) is 11.5 Å². The summed E-state index contributed by atoms with van der Waals surface area (Å²) < 4.78 is 2.59. The maximum Gasteiger partial charge on any atom is 0.251 e. The van der Waals surface area contributed by atoms with Gasteiger partial charge in [-0.05, 0) is 27.7 Å². The molecule has 0 spiro atoms. The van der Waals surface area contributed by atoms with Crippen molar-refractivity contribution in [3.05, 3.63) is 27.7 Å². The minimum atomic E-state index is 0. The monoisotopic (exact) mass is 611 g/mol. The number of nitrogen functional groups attached to an aromatic ring is 2. The van der Waals surface area contributed by atoms with Crippen LogP contribution in [0.25, 0.3) is 11.9 Å². The summed E-state index contributed by atoms with van der Waals surface area (Å²) in [7, 11) is 0. The zero-order valence-corrected chi connectivity index (χ0v) is 24.2. The molecule has 0 saturated carbocycles. The van der Waals surface area contributed by atoms with Gasteiger partial charge in [-0.1, -0.05) is 22.7 Å². The first-order chi connectivity index (χ1) is 17.3. The second kappa shape index (κ2) is 10.8. The molecular weight excluding hydrogens is 595 g/mol. The van der Waals surface area contributed by atoms with Crippen molar-refractivity contribution in [1.82, 2.24) is 54.9 Å². The van der Waals surface area contributed by atoms with Crippen molar-refractivity contribution in [2.75, 3.05) is 11.5 Å². The molecule has 0 aliphatic carbocycles. The van der Waals surface area contributed by atoms with Gasteiger partial charge in [-0.25, -0.2) is 9.36 Å². The quantitative estimate of drug-likeness (QED) is 0.209. The molecule has 5 heterocycles. The van der Waals surface area contributed by atoms with Crippen molar-refractivity contribution < 1.29 is 32.7 Å². The molecule has 0 aromatic carbocycles. The van der Waals surface area contributed by atoms with Gasteiger partial charge in [-0.15, -0.1) is 40.9 Å². The fourth-order valence-electron chi connectivity index (χ4n) is 2.91. The van der Waals surface area contributed by atoms with Crippen LogP contribution >= 0.6 is 22.7 Å². The molecule has 185 valence electrons. The van der Waals surface area contributed by atoms with E-state index in [-0.39, 0.29) is 56.2 Å². The van der Waals surface area contributed by atoms with Crippen LogP contribution in [0.5, 0.6) is 0 Å². The number of hydrogen-bond donors (Lipinski definition) is 2. The largest absolute Gasteiger partial charge is 0.382 e. The smallest absolute Gasteiger partial charge is 0.251 e. The summed E-state index contributed by atoms with van der Waals surface area (Å²) in [4.78, 5) is 12.5. The molecule has 17 nitrogen and oxygen atoms in total. The fraction of sp³-hybridized carbons (Fsp3) is 0.235. The number of anilines is 2. The first-order valence-electron chi connectivity index (χ1n) is 10.1. The number of aryl methyl sites for hydroxylation is 4. The Morgan fingerprint density at radius 3 is 1.49 bits per heavy atom. The molecule has 0 saturated heterocycles. The fourth-order valence-corrected chi connectivity index (χ4v) is 3.93. The molecule has 5 aromatic heterocycles. The van der Waals surface area contributed by atoms with Crippen molar-refractivity contribution in [2.45, 2.75) is 27.7 Å². The Balaban J connectivity index is 0.00000320. The molecule has 20 heteroatoms. The van der Waals surface area contributed by atoms with Gasteiger partial charge in [0.05, 0.1) is 11.4 Å². The second-order valence-electron chi connectivity index (χ2n) is 7.10. The Morgan fingerprint density at radius 1 is 0.676 bits per heavy atom. The van der Waals surface area contributed by atoms with Gasteiger partial charge in [-0.3, -0.25) is 0 Å². The topological polar surface area (TPSA) is 227 Å². The molecule has 0 amide bonds. The van der Waals surface area contributed by atoms with Crippen LogP contribution in [0.1, 0.15) is 21.4 Å². The van der Waals surface area contributed by atoms with Gasteiger partial charge in [0.15, 0.2) is 0 Å². The summed E-state index contributed by atoms with van der Waals surface area (Å²) in [6.07, 6.45) is 2.52. The van der Waals surface area contributed by atoms with E-state index in [9.17, 15) is 0 Å². The molecule has 5 rings (SSSR count). The number of nitrogens with two attached hydrogens (primary N) is 2. The Bertz CT molecular complexity index is 1510. The van der Waals surface area contributed by atoms with E-state index in [0.717, 1.165) is 10.0 Å². The SMILES string of the molecule is Cc1nnc(N=Nc2c(C)nn(-c3n[c-]nc(-n4nc(C)c(N=Nc5nnc(C)s5)c4N)n3)c2N)s1.[Y]. The number of rotatable bonds is 6. The van der Waals surface area contributed by atoms with Crippen molar-refractivity contribution >= 4 is 55.9 Å². The summed E-state index contributed by atoms with van der Waals surface area (Å²) in [6, 6.07) is 0. The van der Waals surface area contributed by atoms with Gasteiger partial charge in [0.2, 0.25) is 0 Å². The van der Waals surface area contributed by atoms with E-state index < -0.39 is 0 Å². The van der Waals surface area contributed by atoms with Crippen LogP contribution < -0.4 is 11.5 Å². The Hall–Kier alpha value is -3.55. The Labute approximate surface area is 241 Å². The summed E-state index contributed by atoms with van der Waals surface area (Å²) in [5.41, 5.74) is 14.2. The third-order valence-electron chi connectivity index (χ3n) is 4.51. The van der Waals surface area contributed by atoms with Crippen LogP contribution in [-0.2, 0) is 32.7 Å². The number of aromatic nitrogens is 11. The first kappa shape index (κ1) is 26.5. The van der Waals surface area contributed by atoms with E-state index in [2.05, 4.69) is 72.3 Å². The third kappa shape index (κ3) is 5.43. The second-order valence-corrected chi connectivity index (χ2v) is 9.43. The molecule has 4 N–H and O–H groups in total. The molecule has 0 aliphatic heterocycles. The average Bonchev–Trinajstić information content (AvgIpc) is 3.60. The van der Waals surface area contributed by atoms with Crippen molar-refractivity contribution in [3.63, 3.8) is 0 Å². The normalized spacial score (nSPS) is 11.6. The summed E-state index contributed by atoms with van der Waals surface area (Å²) in [6.45, 7) is 7.10. The van der Waals surface area contributed by atoms with Crippen LogP contribution in [-0.4, -0.2) is 54.9 Å². The molecule has 0 unspecified atom stereocenters. The molecule has 37 heavy (non-hydrogen) atoms. The van der Waals surface area contributed by atoms with Gasteiger partial charge in [0.1, 0.15) is 44.9 Å². The molecule has 0 atom stereocenters. The van der Waals surface area contributed by atoms with Crippen molar-refractivity contribution in [2.24, 2.45) is 20.5 Å². The van der Waals surface area contributed by atoms with E-state index in [0.29, 0.717) is 33.0 Å². The average molecular weight is 611 g/mol. The van der Waals surface area contributed by atoms with Crippen LogP contribution in [0, 0.1) is 34.0 Å². The predicted molar refractivity (Wildman–Crippen MR) is 129 cm³/mol. The van der Waals surface area contributed by atoms with Crippen molar-refractivity contribution in [3.8, 4) is 11.9 Å². The van der Waals surface area contributed by atoms with Gasteiger partial charge in [0.25, 0.3) is 10.3 Å². The molecule has 0 fully saturated rings. The van der Waals surface area contributed by atoms with Gasteiger partial charge >= 0.3 is 0 Å². The predicted octanol–water partition coefficient (Wildman–Crippen LogP) is 2.97. The molecule has 5 aromatic rings. The maximum atomic E-state index is 6.26. The van der Waals surface area contributed by atoms with Gasteiger partial charge < -0.3 is 26.4 Å². The number of nitrogens with zero attached hydrogens (tertiary/aromatic N) is 15. The van der Waals surface area contributed by atoms with Crippen LogP contribution in [0.4, 0.5) is 33.3 Å². The summed E-state index contributed by atoms with van der Waals surface area (Å²) >= 11 is 2.60. The van der Waals surface area contributed by atoms with Crippen LogP contribution in [0.2, 0.25) is 0 Å². The van der Waals surface area contributed by atoms with Crippen LogP contribution in [0.3, 0.4) is 0 Å². The van der Waals surface area contributed by atoms with E-state index in [1.165, 1.54) is 32.0 Å². The maximum absolute atomic E-state index is 6.26. The molecule has 1 radical (unpaired) electrons. The van der Waals surface area contributed by atoms with E-state index in [1.54, 1.807) is 13.8 Å². The molecular formula is C17H16N17S2Y-. The third-order valence-corrected chi connectivity index (χ3v) is 5.95. The molecule has 0 aliphatic rings. The Morgan fingerprint density at radius 2 is 1.11 bits per heavy atom. The number of hydrogen-bond acceptors (Lipinski definition) is 17. The summed E-state index contributed by atoms with van der Waals surface area (Å²) in [5, 5.41) is 43.2. The zero-order chi connectivity index (χ0) is 25.4. The van der Waals surface area contributed by atoms with Crippen molar-refractivity contribution in [1.29, 1.82) is 0 Å². The molecule has 0 bridgehead atoms. The zero-order valence-electron chi connectivity index (χ0n) is 19.8. The minimum Gasteiger partial charge on any atom is -0.382 e. The number of azo groups is 2. The van der Waals surface area contributed by atoms with E-state index >= 15 is 0 Å². The van der Waals surface area contributed by atoms with Crippen LogP contribution in [0.15, 0.2) is 20.5 Å².